The first kappa shape index (κ1) is 14.3. The van der Waals surface area contributed by atoms with E-state index in [-0.39, 0.29) is 0 Å². The fourth-order valence-electron chi connectivity index (χ4n) is 1.80. The lowest BCUT2D eigenvalue weighted by Gasteiger charge is -2.27. The lowest BCUT2D eigenvalue weighted by atomic mass is 10.2. The highest BCUT2D eigenvalue weighted by Crippen LogP contribution is 2.03. The van der Waals surface area contributed by atoms with E-state index in [2.05, 4.69) is 24.1 Å². The molecule has 0 aromatic rings. The van der Waals surface area contributed by atoms with E-state index in [1.54, 1.807) is 0 Å². The topological polar surface area (TPSA) is 24.5 Å². The van der Waals surface area contributed by atoms with Crippen molar-refractivity contribution >= 4 is 11.8 Å². The Morgan fingerprint density at radius 1 is 1.38 bits per heavy atom. The molecule has 0 aromatic heterocycles. The first-order chi connectivity index (χ1) is 7.83. The maximum atomic E-state index is 5.33. The van der Waals surface area contributed by atoms with Crippen molar-refractivity contribution in [2.75, 3.05) is 50.9 Å². The molecule has 1 aliphatic rings. The van der Waals surface area contributed by atoms with Crippen LogP contribution in [-0.4, -0.2) is 61.8 Å². The van der Waals surface area contributed by atoms with Gasteiger partial charge >= 0.3 is 0 Å². The molecule has 1 heterocycles. The lowest BCUT2D eigenvalue weighted by Crippen LogP contribution is -2.41. The van der Waals surface area contributed by atoms with E-state index < -0.39 is 0 Å². The van der Waals surface area contributed by atoms with E-state index in [1.807, 2.05) is 11.8 Å². The molecule has 1 fully saturated rings. The zero-order valence-electron chi connectivity index (χ0n) is 10.7. The van der Waals surface area contributed by atoms with Gasteiger partial charge in [0.1, 0.15) is 0 Å². The first-order valence-corrected chi connectivity index (χ1v) is 7.59. The van der Waals surface area contributed by atoms with Crippen molar-refractivity contribution < 1.29 is 4.74 Å². The van der Waals surface area contributed by atoms with E-state index >= 15 is 0 Å². The number of morpholine rings is 1. The van der Waals surface area contributed by atoms with Crippen LogP contribution < -0.4 is 5.32 Å². The molecule has 0 spiro atoms. The Labute approximate surface area is 104 Å². The van der Waals surface area contributed by atoms with E-state index in [1.165, 1.54) is 17.9 Å². The van der Waals surface area contributed by atoms with Crippen molar-refractivity contribution in [2.24, 2.45) is 0 Å². The summed E-state index contributed by atoms with van der Waals surface area (Å²) >= 11 is 2.03. The maximum absolute atomic E-state index is 5.33. The molecule has 0 aromatic carbocycles. The lowest BCUT2D eigenvalue weighted by molar-refractivity contribution is 0.0382. The van der Waals surface area contributed by atoms with Gasteiger partial charge in [0.2, 0.25) is 0 Å². The fourth-order valence-corrected chi connectivity index (χ4v) is 2.61. The summed E-state index contributed by atoms with van der Waals surface area (Å²) in [7, 11) is 0. The number of hydrogen-bond acceptors (Lipinski definition) is 4. The molecule has 1 saturated heterocycles. The molecule has 0 radical (unpaired) electrons. The van der Waals surface area contributed by atoms with Crippen LogP contribution in [0.4, 0.5) is 0 Å². The molecule has 0 bridgehead atoms. The third-order valence-electron chi connectivity index (χ3n) is 2.92. The molecule has 0 amide bonds. The number of ether oxygens (including phenoxy) is 1. The Morgan fingerprint density at radius 2 is 2.12 bits per heavy atom. The summed E-state index contributed by atoms with van der Waals surface area (Å²) in [5.41, 5.74) is 0. The van der Waals surface area contributed by atoms with Gasteiger partial charge in [-0.3, -0.25) is 4.90 Å². The van der Waals surface area contributed by atoms with E-state index in [4.69, 9.17) is 4.74 Å². The first-order valence-electron chi connectivity index (χ1n) is 6.44. The van der Waals surface area contributed by atoms with Gasteiger partial charge in [-0.05, 0) is 24.9 Å². The highest BCUT2D eigenvalue weighted by molar-refractivity contribution is 7.99. The highest BCUT2D eigenvalue weighted by Gasteiger charge is 2.09. The normalized spacial score (nSPS) is 19.9. The van der Waals surface area contributed by atoms with E-state index in [0.717, 1.165) is 39.4 Å². The second-order valence-electron chi connectivity index (χ2n) is 4.29. The standard InChI is InChI=1S/C12H26N2OS/c1-3-16-11-4-12(2)13-5-6-14-7-9-15-10-8-14/h12-13H,3-11H2,1-2H3. The third kappa shape index (κ3) is 6.74. The molecule has 96 valence electrons. The van der Waals surface area contributed by atoms with Gasteiger partial charge < -0.3 is 10.1 Å². The average Bonchev–Trinajstić information content (AvgIpc) is 2.31. The fraction of sp³-hybridized carbons (Fsp3) is 1.00. The van der Waals surface area contributed by atoms with Crippen molar-refractivity contribution in [1.29, 1.82) is 0 Å². The average molecular weight is 246 g/mol. The van der Waals surface area contributed by atoms with Crippen molar-refractivity contribution in [3.8, 4) is 0 Å². The Balaban J connectivity index is 1.92. The Hall–Kier alpha value is 0.230. The summed E-state index contributed by atoms with van der Waals surface area (Å²) in [5.74, 6) is 2.52. The predicted molar refractivity (Wildman–Crippen MR) is 72.3 cm³/mol. The van der Waals surface area contributed by atoms with Crippen LogP contribution in [-0.2, 0) is 4.74 Å². The van der Waals surface area contributed by atoms with Crippen LogP contribution >= 0.6 is 11.8 Å². The number of nitrogens with zero attached hydrogens (tertiary/aromatic N) is 1. The quantitative estimate of drug-likeness (QED) is 0.655. The Kier molecular flexibility index (Phi) is 8.29. The third-order valence-corrected chi connectivity index (χ3v) is 3.86. The Bertz CT molecular complexity index is 163. The van der Waals surface area contributed by atoms with Gasteiger partial charge in [-0.25, -0.2) is 0 Å². The second-order valence-corrected chi connectivity index (χ2v) is 5.69. The molecule has 4 heteroatoms. The molecule has 1 atom stereocenters. The number of thioether (sulfide) groups is 1. The molecular weight excluding hydrogens is 220 g/mol. The zero-order chi connectivity index (χ0) is 11.6. The van der Waals surface area contributed by atoms with Gasteiger partial charge in [0, 0.05) is 32.2 Å². The van der Waals surface area contributed by atoms with Crippen molar-refractivity contribution in [3.63, 3.8) is 0 Å². The number of nitrogens with one attached hydrogen (secondary N) is 1. The van der Waals surface area contributed by atoms with Crippen LogP contribution in [0.15, 0.2) is 0 Å². The Morgan fingerprint density at radius 3 is 2.81 bits per heavy atom. The summed E-state index contributed by atoms with van der Waals surface area (Å²) in [6.07, 6.45) is 1.28. The van der Waals surface area contributed by atoms with Gasteiger partial charge in [0.15, 0.2) is 0 Å². The van der Waals surface area contributed by atoms with E-state index in [9.17, 15) is 0 Å². The van der Waals surface area contributed by atoms with E-state index in [0.29, 0.717) is 6.04 Å². The molecule has 1 N–H and O–H groups in total. The molecule has 1 unspecified atom stereocenters. The SMILES string of the molecule is CCSCCC(C)NCCN1CCOCC1. The van der Waals surface area contributed by atoms with Crippen LogP contribution in [0.2, 0.25) is 0 Å². The molecular formula is C12H26N2OS. The monoisotopic (exact) mass is 246 g/mol. The largest absolute Gasteiger partial charge is 0.379 e. The van der Waals surface area contributed by atoms with Gasteiger partial charge in [-0.2, -0.15) is 11.8 Å². The molecule has 16 heavy (non-hydrogen) atoms. The predicted octanol–water partition coefficient (Wildman–Crippen LogP) is 1.44. The summed E-state index contributed by atoms with van der Waals surface area (Å²) < 4.78 is 5.33. The number of rotatable bonds is 8. The molecule has 1 aliphatic heterocycles. The number of hydrogen-bond donors (Lipinski definition) is 1. The second kappa shape index (κ2) is 9.28. The van der Waals surface area contributed by atoms with Crippen LogP contribution in [0, 0.1) is 0 Å². The molecule has 0 aliphatic carbocycles. The van der Waals surface area contributed by atoms with Crippen LogP contribution in [0.1, 0.15) is 20.3 Å². The van der Waals surface area contributed by atoms with Crippen molar-refractivity contribution in [2.45, 2.75) is 26.3 Å². The van der Waals surface area contributed by atoms with Gasteiger partial charge in [0.05, 0.1) is 13.2 Å². The highest BCUT2D eigenvalue weighted by atomic mass is 32.2. The minimum absolute atomic E-state index is 0.653. The molecule has 3 nitrogen and oxygen atoms in total. The smallest absolute Gasteiger partial charge is 0.0594 e. The van der Waals surface area contributed by atoms with Crippen molar-refractivity contribution in [3.05, 3.63) is 0 Å². The summed E-state index contributed by atoms with van der Waals surface area (Å²) in [5, 5.41) is 3.59. The van der Waals surface area contributed by atoms with Crippen molar-refractivity contribution in [1.82, 2.24) is 10.2 Å². The van der Waals surface area contributed by atoms with Crippen LogP contribution in [0.3, 0.4) is 0 Å². The van der Waals surface area contributed by atoms with Gasteiger partial charge in [0.25, 0.3) is 0 Å². The zero-order valence-corrected chi connectivity index (χ0v) is 11.5. The minimum atomic E-state index is 0.653. The summed E-state index contributed by atoms with van der Waals surface area (Å²) in [6, 6.07) is 0.653. The summed E-state index contributed by atoms with van der Waals surface area (Å²) in [6.45, 7) is 10.8. The van der Waals surface area contributed by atoms with Crippen LogP contribution in [0.25, 0.3) is 0 Å². The van der Waals surface area contributed by atoms with Gasteiger partial charge in [-0.15, -0.1) is 0 Å². The van der Waals surface area contributed by atoms with Gasteiger partial charge in [-0.1, -0.05) is 6.92 Å². The molecule has 0 saturated carbocycles. The summed E-state index contributed by atoms with van der Waals surface area (Å²) in [4.78, 5) is 2.48. The maximum Gasteiger partial charge on any atom is 0.0594 e. The molecule has 1 rings (SSSR count). The minimum Gasteiger partial charge on any atom is -0.379 e. The van der Waals surface area contributed by atoms with Crippen LogP contribution in [0.5, 0.6) is 0 Å².